The van der Waals surface area contributed by atoms with Gasteiger partial charge >= 0.3 is 0 Å². The second kappa shape index (κ2) is 4.89. The molecule has 96 valence electrons. The van der Waals surface area contributed by atoms with Gasteiger partial charge in [0.15, 0.2) is 5.16 Å². The van der Waals surface area contributed by atoms with Gasteiger partial charge in [0.05, 0.1) is 11.3 Å². The predicted octanol–water partition coefficient (Wildman–Crippen LogP) is 2.24. The fourth-order valence-corrected chi connectivity index (χ4v) is 2.62. The highest BCUT2D eigenvalue weighted by molar-refractivity contribution is 7.98. The standard InChI is InChI=1S/C13H13N5S/c1-18-7-6-15-13(18)19-8-11-16-10-5-3-2-4-9(10)12(14)17-11/h2-7H,8H2,1H3,(H2,14,16,17). The van der Waals surface area contributed by atoms with E-state index in [1.54, 1.807) is 18.0 Å². The largest absolute Gasteiger partial charge is 0.383 e. The number of nitrogens with two attached hydrogens (primary N) is 1. The van der Waals surface area contributed by atoms with E-state index in [4.69, 9.17) is 5.73 Å². The summed E-state index contributed by atoms with van der Waals surface area (Å²) in [5.74, 6) is 1.91. The Morgan fingerprint density at radius 1 is 1.26 bits per heavy atom. The van der Waals surface area contributed by atoms with Gasteiger partial charge in [0, 0.05) is 24.8 Å². The van der Waals surface area contributed by atoms with E-state index in [1.807, 2.05) is 42.1 Å². The number of thioether (sulfide) groups is 1. The van der Waals surface area contributed by atoms with Crippen molar-refractivity contribution in [1.82, 2.24) is 19.5 Å². The monoisotopic (exact) mass is 271 g/mol. The van der Waals surface area contributed by atoms with E-state index in [1.165, 1.54) is 0 Å². The minimum atomic E-state index is 0.529. The zero-order valence-corrected chi connectivity index (χ0v) is 11.3. The van der Waals surface area contributed by atoms with Crippen LogP contribution in [0.1, 0.15) is 5.82 Å². The van der Waals surface area contributed by atoms with Crippen LogP contribution in [-0.2, 0) is 12.8 Å². The molecule has 0 aliphatic rings. The number of aromatic nitrogens is 4. The van der Waals surface area contributed by atoms with Crippen molar-refractivity contribution in [2.75, 3.05) is 5.73 Å². The number of imidazole rings is 1. The van der Waals surface area contributed by atoms with Crippen molar-refractivity contribution in [2.24, 2.45) is 7.05 Å². The molecule has 19 heavy (non-hydrogen) atoms. The number of anilines is 1. The third kappa shape index (κ3) is 2.39. The van der Waals surface area contributed by atoms with E-state index in [0.717, 1.165) is 21.9 Å². The second-order valence-corrected chi connectivity index (χ2v) is 5.09. The molecule has 0 atom stereocenters. The Morgan fingerprint density at radius 3 is 2.89 bits per heavy atom. The first-order valence-electron chi connectivity index (χ1n) is 5.85. The number of hydrogen-bond acceptors (Lipinski definition) is 5. The first-order valence-corrected chi connectivity index (χ1v) is 6.84. The molecule has 5 nitrogen and oxygen atoms in total. The summed E-state index contributed by atoms with van der Waals surface area (Å²) in [6.45, 7) is 0. The summed E-state index contributed by atoms with van der Waals surface area (Å²) >= 11 is 1.60. The highest BCUT2D eigenvalue weighted by Gasteiger charge is 2.07. The molecule has 2 heterocycles. The molecule has 6 heteroatoms. The smallest absolute Gasteiger partial charge is 0.168 e. The van der Waals surface area contributed by atoms with Crippen LogP contribution in [0.2, 0.25) is 0 Å². The van der Waals surface area contributed by atoms with Crippen molar-refractivity contribution in [1.29, 1.82) is 0 Å². The van der Waals surface area contributed by atoms with E-state index in [-0.39, 0.29) is 0 Å². The normalized spacial score (nSPS) is 11.0. The van der Waals surface area contributed by atoms with Crippen LogP contribution in [0.4, 0.5) is 5.82 Å². The van der Waals surface area contributed by atoms with Gasteiger partial charge in [0.2, 0.25) is 0 Å². The maximum Gasteiger partial charge on any atom is 0.168 e. The molecule has 1 aromatic carbocycles. The molecular formula is C13H13N5S. The summed E-state index contributed by atoms with van der Waals surface area (Å²) in [6, 6.07) is 7.76. The average molecular weight is 271 g/mol. The van der Waals surface area contributed by atoms with Gasteiger partial charge in [-0.1, -0.05) is 23.9 Å². The van der Waals surface area contributed by atoms with Gasteiger partial charge in [0.1, 0.15) is 11.6 Å². The second-order valence-electron chi connectivity index (χ2n) is 4.15. The first kappa shape index (κ1) is 12.0. The third-order valence-electron chi connectivity index (χ3n) is 2.79. The van der Waals surface area contributed by atoms with Crippen LogP contribution < -0.4 is 5.73 Å². The van der Waals surface area contributed by atoms with Crippen LogP contribution in [0.15, 0.2) is 41.8 Å². The van der Waals surface area contributed by atoms with Crippen LogP contribution in [-0.4, -0.2) is 19.5 Å². The molecule has 0 fully saturated rings. The molecule has 0 aliphatic carbocycles. The van der Waals surface area contributed by atoms with Crippen LogP contribution >= 0.6 is 11.8 Å². The summed E-state index contributed by atoms with van der Waals surface area (Å²) in [4.78, 5) is 13.1. The van der Waals surface area contributed by atoms with Crippen LogP contribution in [0.5, 0.6) is 0 Å². The highest BCUT2D eigenvalue weighted by Crippen LogP contribution is 2.22. The maximum absolute atomic E-state index is 5.95. The summed E-state index contributed by atoms with van der Waals surface area (Å²) in [5.41, 5.74) is 6.83. The van der Waals surface area contributed by atoms with Crippen LogP contribution in [0.3, 0.4) is 0 Å². The van der Waals surface area contributed by atoms with Gasteiger partial charge in [-0.25, -0.2) is 15.0 Å². The van der Waals surface area contributed by atoms with Crippen molar-refractivity contribution >= 4 is 28.5 Å². The lowest BCUT2D eigenvalue weighted by Gasteiger charge is -2.05. The lowest BCUT2D eigenvalue weighted by Crippen LogP contribution is -2.00. The Kier molecular flexibility index (Phi) is 3.08. The van der Waals surface area contributed by atoms with Gasteiger partial charge in [0.25, 0.3) is 0 Å². The number of nitrogen functional groups attached to an aromatic ring is 1. The highest BCUT2D eigenvalue weighted by atomic mass is 32.2. The summed E-state index contributed by atoms with van der Waals surface area (Å²) < 4.78 is 1.97. The Hall–Kier alpha value is -2.08. The molecule has 2 aromatic heterocycles. The molecule has 0 amide bonds. The van der Waals surface area contributed by atoms with E-state index in [0.29, 0.717) is 11.6 Å². The molecule has 0 saturated carbocycles. The summed E-state index contributed by atoms with van der Waals surface area (Å²) in [6.07, 6.45) is 3.69. The molecule has 3 rings (SSSR count). The van der Waals surface area contributed by atoms with Gasteiger partial charge in [-0.2, -0.15) is 0 Å². The fraction of sp³-hybridized carbons (Fsp3) is 0.154. The quantitative estimate of drug-likeness (QED) is 0.740. The van der Waals surface area contributed by atoms with Gasteiger partial charge in [-0.3, -0.25) is 0 Å². The van der Waals surface area contributed by atoms with Crippen molar-refractivity contribution in [3.63, 3.8) is 0 Å². The number of hydrogen-bond donors (Lipinski definition) is 1. The van der Waals surface area contributed by atoms with Crippen molar-refractivity contribution in [3.05, 3.63) is 42.5 Å². The molecular weight excluding hydrogens is 258 g/mol. The Balaban J connectivity index is 1.87. The van der Waals surface area contributed by atoms with E-state index in [9.17, 15) is 0 Å². The summed E-state index contributed by atoms with van der Waals surface area (Å²) in [7, 11) is 1.96. The number of benzene rings is 1. The molecule has 2 N–H and O–H groups in total. The van der Waals surface area contributed by atoms with Crippen LogP contribution in [0, 0.1) is 0 Å². The number of nitrogens with zero attached hydrogens (tertiary/aromatic N) is 4. The number of para-hydroxylation sites is 1. The minimum absolute atomic E-state index is 0.529. The van der Waals surface area contributed by atoms with E-state index in [2.05, 4.69) is 15.0 Å². The maximum atomic E-state index is 5.95. The van der Waals surface area contributed by atoms with Gasteiger partial charge in [-0.05, 0) is 12.1 Å². The van der Waals surface area contributed by atoms with Crippen LogP contribution in [0.25, 0.3) is 10.9 Å². The first-order chi connectivity index (χ1) is 9.24. The van der Waals surface area contributed by atoms with Crippen molar-refractivity contribution in [3.8, 4) is 0 Å². The molecule has 3 aromatic rings. The van der Waals surface area contributed by atoms with E-state index >= 15 is 0 Å². The number of fused-ring (bicyclic) bond motifs is 1. The zero-order chi connectivity index (χ0) is 13.2. The molecule has 0 aliphatic heterocycles. The topological polar surface area (TPSA) is 69.6 Å². The molecule has 0 saturated heterocycles. The molecule has 0 bridgehead atoms. The van der Waals surface area contributed by atoms with E-state index < -0.39 is 0 Å². The predicted molar refractivity (Wildman–Crippen MR) is 76.7 cm³/mol. The van der Waals surface area contributed by atoms with Crippen molar-refractivity contribution < 1.29 is 0 Å². The van der Waals surface area contributed by atoms with Gasteiger partial charge in [-0.15, -0.1) is 0 Å². The van der Waals surface area contributed by atoms with Gasteiger partial charge < -0.3 is 10.3 Å². The molecule has 0 unspecified atom stereocenters. The third-order valence-corrected chi connectivity index (χ3v) is 3.84. The Bertz CT molecular complexity index is 722. The number of rotatable bonds is 3. The molecule has 0 radical (unpaired) electrons. The SMILES string of the molecule is Cn1ccnc1SCc1nc(N)c2ccccc2n1. The Labute approximate surface area is 114 Å². The lowest BCUT2D eigenvalue weighted by atomic mass is 10.2. The lowest BCUT2D eigenvalue weighted by molar-refractivity contribution is 0.789. The number of aryl methyl sites for hydroxylation is 1. The molecule has 0 spiro atoms. The fourth-order valence-electron chi connectivity index (χ4n) is 1.84. The Morgan fingerprint density at radius 2 is 2.11 bits per heavy atom. The minimum Gasteiger partial charge on any atom is -0.383 e. The zero-order valence-electron chi connectivity index (χ0n) is 10.4. The van der Waals surface area contributed by atoms with Crippen molar-refractivity contribution in [2.45, 2.75) is 10.9 Å². The average Bonchev–Trinajstić information content (AvgIpc) is 2.82. The summed E-state index contributed by atoms with van der Waals surface area (Å²) in [5, 5.41) is 1.84.